The first kappa shape index (κ1) is 13.3. The Morgan fingerprint density at radius 2 is 2.26 bits per heavy atom. The van der Waals surface area contributed by atoms with E-state index in [-0.39, 0.29) is 0 Å². The predicted molar refractivity (Wildman–Crippen MR) is 73.3 cm³/mol. The maximum Gasteiger partial charge on any atom is 0.218 e. The summed E-state index contributed by atoms with van der Waals surface area (Å²) >= 11 is 0. The van der Waals surface area contributed by atoms with Crippen LogP contribution in [-0.4, -0.2) is 32.7 Å². The SMILES string of the molecule is CCOc1cc(NCCCn2ccnc2)nc(C)n1. The van der Waals surface area contributed by atoms with E-state index in [9.17, 15) is 0 Å². The molecule has 0 radical (unpaired) electrons. The molecule has 0 bridgehead atoms. The molecule has 19 heavy (non-hydrogen) atoms. The summed E-state index contributed by atoms with van der Waals surface area (Å²) in [6.45, 7) is 6.20. The first-order valence-corrected chi connectivity index (χ1v) is 6.46. The Morgan fingerprint density at radius 3 is 3.00 bits per heavy atom. The summed E-state index contributed by atoms with van der Waals surface area (Å²) in [5.41, 5.74) is 0. The Labute approximate surface area is 112 Å². The zero-order chi connectivity index (χ0) is 13.5. The van der Waals surface area contributed by atoms with Crippen LogP contribution in [0.25, 0.3) is 0 Å². The number of aryl methyl sites for hydroxylation is 2. The summed E-state index contributed by atoms with van der Waals surface area (Å²) in [7, 11) is 0. The fourth-order valence-electron chi connectivity index (χ4n) is 1.75. The van der Waals surface area contributed by atoms with E-state index in [0.29, 0.717) is 18.3 Å². The van der Waals surface area contributed by atoms with E-state index < -0.39 is 0 Å². The third-order valence-electron chi connectivity index (χ3n) is 2.57. The van der Waals surface area contributed by atoms with Crippen molar-refractivity contribution >= 4 is 5.82 Å². The lowest BCUT2D eigenvalue weighted by Gasteiger charge is -2.09. The van der Waals surface area contributed by atoms with Crippen molar-refractivity contribution in [2.45, 2.75) is 26.8 Å². The van der Waals surface area contributed by atoms with Crippen molar-refractivity contribution in [1.29, 1.82) is 0 Å². The molecule has 0 aliphatic heterocycles. The molecule has 0 amide bonds. The number of anilines is 1. The van der Waals surface area contributed by atoms with Gasteiger partial charge in [-0.3, -0.25) is 0 Å². The average Bonchev–Trinajstić information content (AvgIpc) is 2.87. The van der Waals surface area contributed by atoms with Gasteiger partial charge in [0.1, 0.15) is 11.6 Å². The number of aromatic nitrogens is 4. The van der Waals surface area contributed by atoms with E-state index in [0.717, 1.165) is 25.3 Å². The van der Waals surface area contributed by atoms with Crippen molar-refractivity contribution in [2.24, 2.45) is 0 Å². The molecular weight excluding hydrogens is 242 g/mol. The zero-order valence-electron chi connectivity index (χ0n) is 11.3. The van der Waals surface area contributed by atoms with Crippen molar-refractivity contribution in [3.05, 3.63) is 30.6 Å². The molecular formula is C13H19N5O. The quantitative estimate of drug-likeness (QED) is 0.771. The molecule has 6 heteroatoms. The Kier molecular flexibility index (Phi) is 4.72. The number of imidazole rings is 1. The highest BCUT2D eigenvalue weighted by molar-refractivity contribution is 5.38. The number of rotatable bonds is 7. The number of nitrogens with zero attached hydrogens (tertiary/aromatic N) is 4. The van der Waals surface area contributed by atoms with Crippen molar-refractivity contribution in [1.82, 2.24) is 19.5 Å². The number of hydrogen-bond acceptors (Lipinski definition) is 5. The molecule has 2 rings (SSSR count). The summed E-state index contributed by atoms with van der Waals surface area (Å²) < 4.78 is 7.44. The topological polar surface area (TPSA) is 64.9 Å². The van der Waals surface area contributed by atoms with Crippen LogP contribution in [0.2, 0.25) is 0 Å². The standard InChI is InChI=1S/C13H19N5O/c1-3-19-13-9-12(16-11(2)17-13)15-5-4-7-18-8-6-14-10-18/h6,8-10H,3-5,7H2,1-2H3,(H,15,16,17). The maximum atomic E-state index is 5.39. The fourth-order valence-corrected chi connectivity index (χ4v) is 1.75. The first-order valence-electron chi connectivity index (χ1n) is 6.46. The summed E-state index contributed by atoms with van der Waals surface area (Å²) in [6.07, 6.45) is 6.57. The monoisotopic (exact) mass is 261 g/mol. The van der Waals surface area contributed by atoms with E-state index in [4.69, 9.17) is 4.74 Å². The lowest BCUT2D eigenvalue weighted by Crippen LogP contribution is -2.08. The molecule has 6 nitrogen and oxygen atoms in total. The van der Waals surface area contributed by atoms with Crippen molar-refractivity contribution in [2.75, 3.05) is 18.5 Å². The highest BCUT2D eigenvalue weighted by Gasteiger charge is 2.01. The first-order chi connectivity index (χ1) is 9.28. The highest BCUT2D eigenvalue weighted by Crippen LogP contribution is 2.13. The van der Waals surface area contributed by atoms with Gasteiger partial charge in [0.2, 0.25) is 5.88 Å². The van der Waals surface area contributed by atoms with Crippen LogP contribution in [0.1, 0.15) is 19.2 Å². The highest BCUT2D eigenvalue weighted by atomic mass is 16.5. The van der Waals surface area contributed by atoms with Crippen LogP contribution in [-0.2, 0) is 6.54 Å². The Balaban J connectivity index is 1.81. The third kappa shape index (κ3) is 4.24. The van der Waals surface area contributed by atoms with Crippen LogP contribution in [0.3, 0.4) is 0 Å². The molecule has 0 spiro atoms. The zero-order valence-corrected chi connectivity index (χ0v) is 11.3. The van der Waals surface area contributed by atoms with Crippen LogP contribution < -0.4 is 10.1 Å². The second-order valence-corrected chi connectivity index (χ2v) is 4.15. The molecule has 0 aromatic carbocycles. The van der Waals surface area contributed by atoms with Crippen molar-refractivity contribution in [3.8, 4) is 5.88 Å². The predicted octanol–water partition coefficient (Wildman–Crippen LogP) is 1.88. The molecule has 102 valence electrons. The van der Waals surface area contributed by atoms with E-state index in [1.54, 1.807) is 6.20 Å². The Morgan fingerprint density at radius 1 is 1.37 bits per heavy atom. The summed E-state index contributed by atoms with van der Waals surface area (Å²) in [5, 5.41) is 3.28. The lowest BCUT2D eigenvalue weighted by atomic mass is 10.4. The molecule has 0 fully saturated rings. The molecule has 2 aromatic rings. The third-order valence-corrected chi connectivity index (χ3v) is 2.57. The minimum absolute atomic E-state index is 0.608. The minimum Gasteiger partial charge on any atom is -0.478 e. The Hall–Kier alpha value is -2.11. The van der Waals surface area contributed by atoms with Crippen molar-refractivity contribution < 1.29 is 4.74 Å². The van der Waals surface area contributed by atoms with E-state index in [1.165, 1.54) is 0 Å². The van der Waals surface area contributed by atoms with Gasteiger partial charge in [0.05, 0.1) is 12.9 Å². The molecule has 0 saturated carbocycles. The van der Waals surface area contributed by atoms with Gasteiger partial charge < -0.3 is 14.6 Å². The second-order valence-electron chi connectivity index (χ2n) is 4.15. The van der Waals surface area contributed by atoms with Crippen LogP contribution in [0.4, 0.5) is 5.82 Å². The molecule has 2 aromatic heterocycles. The Bertz CT molecular complexity index is 498. The van der Waals surface area contributed by atoms with Crippen LogP contribution in [0, 0.1) is 6.92 Å². The maximum absolute atomic E-state index is 5.39. The fraction of sp³-hybridized carbons (Fsp3) is 0.462. The van der Waals surface area contributed by atoms with Crippen LogP contribution in [0.5, 0.6) is 5.88 Å². The van der Waals surface area contributed by atoms with Crippen LogP contribution in [0.15, 0.2) is 24.8 Å². The van der Waals surface area contributed by atoms with Gasteiger partial charge in [0, 0.05) is 31.5 Å². The number of hydrogen-bond donors (Lipinski definition) is 1. The van der Waals surface area contributed by atoms with Gasteiger partial charge in [-0.15, -0.1) is 0 Å². The summed E-state index contributed by atoms with van der Waals surface area (Å²) in [4.78, 5) is 12.5. The van der Waals surface area contributed by atoms with Gasteiger partial charge in [-0.1, -0.05) is 0 Å². The second kappa shape index (κ2) is 6.72. The molecule has 0 aliphatic carbocycles. The summed E-state index contributed by atoms with van der Waals surface area (Å²) in [5.74, 6) is 2.14. The molecule has 0 unspecified atom stereocenters. The van der Waals surface area contributed by atoms with E-state index in [1.807, 2.05) is 32.4 Å². The van der Waals surface area contributed by atoms with Crippen molar-refractivity contribution in [3.63, 3.8) is 0 Å². The van der Waals surface area contributed by atoms with Gasteiger partial charge in [0.25, 0.3) is 0 Å². The largest absolute Gasteiger partial charge is 0.478 e. The van der Waals surface area contributed by atoms with Gasteiger partial charge >= 0.3 is 0 Å². The lowest BCUT2D eigenvalue weighted by molar-refractivity contribution is 0.325. The number of ether oxygens (including phenoxy) is 1. The average molecular weight is 261 g/mol. The van der Waals surface area contributed by atoms with Gasteiger partial charge in [-0.2, -0.15) is 4.98 Å². The molecule has 0 aliphatic rings. The summed E-state index contributed by atoms with van der Waals surface area (Å²) in [6, 6.07) is 1.83. The van der Waals surface area contributed by atoms with Gasteiger partial charge in [-0.25, -0.2) is 9.97 Å². The van der Waals surface area contributed by atoms with Crippen LogP contribution >= 0.6 is 0 Å². The van der Waals surface area contributed by atoms with E-state index >= 15 is 0 Å². The minimum atomic E-state index is 0.608. The normalized spacial score (nSPS) is 10.4. The van der Waals surface area contributed by atoms with Gasteiger partial charge in [-0.05, 0) is 20.3 Å². The molecule has 0 saturated heterocycles. The number of nitrogens with one attached hydrogen (secondary N) is 1. The molecule has 2 heterocycles. The molecule has 0 atom stereocenters. The van der Waals surface area contributed by atoms with Gasteiger partial charge in [0.15, 0.2) is 0 Å². The molecule has 1 N–H and O–H groups in total. The van der Waals surface area contributed by atoms with E-state index in [2.05, 4.69) is 24.8 Å². The smallest absolute Gasteiger partial charge is 0.218 e.